The molecule has 0 radical (unpaired) electrons. The number of rotatable bonds is 4. The third kappa shape index (κ3) is 3.51. The molecule has 0 saturated carbocycles. The number of fused-ring (bicyclic) bond motifs is 1. The molecule has 2 aliphatic heterocycles. The van der Waals surface area contributed by atoms with Gasteiger partial charge < -0.3 is 0 Å². The van der Waals surface area contributed by atoms with Gasteiger partial charge >= 0.3 is 0 Å². The fraction of sp³-hybridized carbons (Fsp3) is 0.500. The highest BCUT2D eigenvalue weighted by atomic mass is 32.2. The van der Waals surface area contributed by atoms with Gasteiger partial charge in [0.2, 0.25) is 0 Å². The van der Waals surface area contributed by atoms with Crippen LogP contribution in [0.2, 0.25) is 0 Å². The Kier molecular flexibility index (Phi) is 4.66. The van der Waals surface area contributed by atoms with Crippen LogP contribution in [0, 0.1) is 0 Å². The predicted octanol–water partition coefficient (Wildman–Crippen LogP) is 2.11. The van der Waals surface area contributed by atoms with Crippen LogP contribution in [0.25, 0.3) is 11.3 Å². The number of likely N-dealkylation sites (N-methyl/N-ethyl adjacent to an activating group) is 1. The van der Waals surface area contributed by atoms with Crippen molar-refractivity contribution < 1.29 is 8.42 Å². The summed E-state index contributed by atoms with van der Waals surface area (Å²) in [6.07, 6.45) is 0. The molecule has 0 N–H and O–H groups in total. The average Bonchev–Trinajstić information content (AvgIpc) is 3.19. The Morgan fingerprint density at radius 2 is 1.80 bits per heavy atom. The molecule has 0 bridgehead atoms. The molecule has 2 fully saturated rings. The van der Waals surface area contributed by atoms with Crippen LogP contribution < -0.4 is 0 Å². The van der Waals surface area contributed by atoms with Gasteiger partial charge in [-0.1, -0.05) is 37.3 Å². The lowest BCUT2D eigenvalue weighted by Crippen LogP contribution is -2.58. The molecule has 1 aromatic heterocycles. The van der Waals surface area contributed by atoms with Crippen LogP contribution in [0.15, 0.2) is 35.7 Å². The second-order valence-corrected chi connectivity index (χ2v) is 9.90. The van der Waals surface area contributed by atoms with Crippen molar-refractivity contribution in [2.75, 3.05) is 31.1 Å². The molecule has 4 rings (SSSR count). The molecule has 2 saturated heterocycles. The Labute approximate surface area is 153 Å². The number of hydrogen-bond acceptors (Lipinski definition) is 6. The number of aromatic nitrogens is 1. The highest BCUT2D eigenvalue weighted by Crippen LogP contribution is 2.29. The van der Waals surface area contributed by atoms with E-state index < -0.39 is 9.84 Å². The van der Waals surface area contributed by atoms with E-state index in [1.165, 1.54) is 0 Å². The first-order valence-corrected chi connectivity index (χ1v) is 11.4. The van der Waals surface area contributed by atoms with Crippen molar-refractivity contribution in [1.29, 1.82) is 0 Å². The topological polar surface area (TPSA) is 53.5 Å². The average molecular weight is 378 g/mol. The van der Waals surface area contributed by atoms with Gasteiger partial charge in [-0.3, -0.25) is 9.80 Å². The summed E-state index contributed by atoms with van der Waals surface area (Å²) in [4.78, 5) is 9.43. The molecule has 0 aliphatic carbocycles. The van der Waals surface area contributed by atoms with E-state index in [1.807, 2.05) is 18.2 Å². The maximum absolute atomic E-state index is 12.2. The first-order chi connectivity index (χ1) is 12.1. The van der Waals surface area contributed by atoms with Gasteiger partial charge in [-0.05, 0) is 6.54 Å². The molecule has 134 valence electrons. The Morgan fingerprint density at radius 1 is 1.12 bits per heavy atom. The van der Waals surface area contributed by atoms with Crippen molar-refractivity contribution in [3.05, 3.63) is 40.7 Å². The van der Waals surface area contributed by atoms with Gasteiger partial charge in [0.05, 0.1) is 23.7 Å². The zero-order valence-corrected chi connectivity index (χ0v) is 16.0. The van der Waals surface area contributed by atoms with Crippen LogP contribution in [0.3, 0.4) is 0 Å². The Balaban J connectivity index is 1.52. The molecular formula is C18H23N3O2S2. The second-order valence-electron chi connectivity index (χ2n) is 6.80. The summed E-state index contributed by atoms with van der Waals surface area (Å²) in [5, 5.41) is 3.15. The van der Waals surface area contributed by atoms with E-state index in [1.54, 1.807) is 11.3 Å². The Morgan fingerprint density at radius 3 is 2.52 bits per heavy atom. The number of hydrogen-bond donors (Lipinski definition) is 0. The van der Waals surface area contributed by atoms with Gasteiger partial charge in [-0.2, -0.15) is 0 Å². The molecular weight excluding hydrogens is 354 g/mol. The lowest BCUT2D eigenvalue weighted by molar-refractivity contribution is 0.0439. The maximum atomic E-state index is 12.2. The minimum absolute atomic E-state index is 0.0998. The van der Waals surface area contributed by atoms with E-state index in [9.17, 15) is 8.42 Å². The van der Waals surface area contributed by atoms with Gasteiger partial charge in [0, 0.05) is 36.1 Å². The third-order valence-electron chi connectivity index (χ3n) is 5.27. The van der Waals surface area contributed by atoms with Crippen molar-refractivity contribution in [3.8, 4) is 11.3 Å². The van der Waals surface area contributed by atoms with E-state index in [2.05, 4.69) is 34.2 Å². The standard InChI is InChI=1S/C18H23N3O2S2/c1-2-20-8-9-21(17-13-25(22,23)12-16(17)20)10-18-19-15(11-24-18)14-6-4-3-5-7-14/h3-7,11,16-17H,2,8-10,12-13H2,1H3. The number of nitrogens with zero attached hydrogens (tertiary/aromatic N) is 3. The molecule has 2 atom stereocenters. The summed E-state index contributed by atoms with van der Waals surface area (Å²) >= 11 is 1.66. The van der Waals surface area contributed by atoms with Gasteiger partial charge in [-0.15, -0.1) is 11.3 Å². The molecule has 7 heteroatoms. The van der Waals surface area contributed by atoms with E-state index in [0.717, 1.165) is 42.4 Å². The molecule has 0 spiro atoms. The molecule has 0 amide bonds. The lowest BCUT2D eigenvalue weighted by atomic mass is 10.1. The minimum atomic E-state index is -2.94. The second kappa shape index (κ2) is 6.79. The van der Waals surface area contributed by atoms with Crippen molar-refractivity contribution in [3.63, 3.8) is 0 Å². The SMILES string of the molecule is CCN1CCN(Cc2nc(-c3ccccc3)cs2)C2CS(=O)(=O)CC21. The fourth-order valence-corrected chi connectivity index (χ4v) is 6.85. The van der Waals surface area contributed by atoms with Crippen molar-refractivity contribution in [2.24, 2.45) is 0 Å². The van der Waals surface area contributed by atoms with Crippen molar-refractivity contribution in [2.45, 2.75) is 25.6 Å². The van der Waals surface area contributed by atoms with Gasteiger partial charge in [0.25, 0.3) is 0 Å². The summed E-state index contributed by atoms with van der Waals surface area (Å²) in [5.41, 5.74) is 2.13. The van der Waals surface area contributed by atoms with Crippen LogP contribution in [0.4, 0.5) is 0 Å². The predicted molar refractivity (Wildman–Crippen MR) is 101 cm³/mol. The third-order valence-corrected chi connectivity index (χ3v) is 7.80. The summed E-state index contributed by atoms with van der Waals surface area (Å²) in [7, 11) is -2.94. The van der Waals surface area contributed by atoms with Crippen LogP contribution in [0.1, 0.15) is 11.9 Å². The number of benzene rings is 1. The van der Waals surface area contributed by atoms with Crippen LogP contribution >= 0.6 is 11.3 Å². The first-order valence-electron chi connectivity index (χ1n) is 8.74. The molecule has 1 aromatic carbocycles. The highest BCUT2D eigenvalue weighted by Gasteiger charge is 2.46. The summed E-state index contributed by atoms with van der Waals surface area (Å²) in [6.45, 7) is 5.62. The summed E-state index contributed by atoms with van der Waals surface area (Å²) in [6, 6.07) is 10.4. The highest BCUT2D eigenvalue weighted by molar-refractivity contribution is 7.91. The van der Waals surface area contributed by atoms with Crippen molar-refractivity contribution >= 4 is 21.2 Å². The van der Waals surface area contributed by atoms with Crippen LogP contribution in [-0.4, -0.2) is 66.4 Å². The lowest BCUT2D eigenvalue weighted by Gasteiger charge is -2.43. The quantitative estimate of drug-likeness (QED) is 0.817. The zero-order chi connectivity index (χ0) is 17.4. The fourth-order valence-electron chi connectivity index (χ4n) is 3.98. The van der Waals surface area contributed by atoms with E-state index >= 15 is 0 Å². The summed E-state index contributed by atoms with van der Waals surface area (Å²) in [5.74, 6) is 0.584. The number of piperazine rings is 1. The monoisotopic (exact) mass is 377 g/mol. The van der Waals surface area contributed by atoms with Crippen LogP contribution in [-0.2, 0) is 16.4 Å². The largest absolute Gasteiger partial charge is 0.297 e. The van der Waals surface area contributed by atoms with E-state index in [0.29, 0.717) is 5.75 Å². The Hall–Kier alpha value is -1.28. The number of sulfone groups is 1. The van der Waals surface area contributed by atoms with Crippen LogP contribution in [0.5, 0.6) is 0 Å². The summed E-state index contributed by atoms with van der Waals surface area (Å²) < 4.78 is 24.4. The van der Waals surface area contributed by atoms with E-state index in [4.69, 9.17) is 4.98 Å². The van der Waals surface area contributed by atoms with Gasteiger partial charge in [0.15, 0.2) is 9.84 Å². The van der Waals surface area contributed by atoms with Gasteiger partial charge in [0.1, 0.15) is 5.01 Å². The van der Waals surface area contributed by atoms with Crippen molar-refractivity contribution in [1.82, 2.24) is 14.8 Å². The maximum Gasteiger partial charge on any atom is 0.153 e. The molecule has 25 heavy (non-hydrogen) atoms. The normalized spacial score (nSPS) is 26.6. The smallest absolute Gasteiger partial charge is 0.153 e. The van der Waals surface area contributed by atoms with Gasteiger partial charge in [-0.25, -0.2) is 13.4 Å². The van der Waals surface area contributed by atoms with E-state index in [-0.39, 0.29) is 17.8 Å². The zero-order valence-electron chi connectivity index (χ0n) is 14.3. The Bertz CT molecular complexity index is 835. The minimum Gasteiger partial charge on any atom is -0.297 e. The molecule has 2 aliphatic rings. The molecule has 5 nitrogen and oxygen atoms in total. The number of thiazole rings is 1. The molecule has 2 unspecified atom stereocenters. The first kappa shape index (κ1) is 17.1. The molecule has 2 aromatic rings. The molecule has 3 heterocycles.